The van der Waals surface area contributed by atoms with Crippen LogP contribution >= 0.6 is 12.2 Å². The number of isothiocyanates is 1. The van der Waals surface area contributed by atoms with Crippen molar-refractivity contribution in [2.24, 2.45) is 0 Å². The van der Waals surface area contributed by atoms with Gasteiger partial charge in [-0.2, -0.15) is 0 Å². The number of allylic oxidation sites excluding steroid dienone is 2. The molecular weight excluding hydrogens is 134 g/mol. The minimum Gasteiger partial charge on any atom is -0.213 e. The van der Waals surface area contributed by atoms with Crippen molar-refractivity contribution in [3.05, 3.63) is 24.4 Å². The predicted molar refractivity (Wildman–Crippen MR) is 36.1 cm³/mol. The van der Waals surface area contributed by atoms with Gasteiger partial charge in [0.25, 0.3) is 5.16 Å². The summed E-state index contributed by atoms with van der Waals surface area (Å²) in [5.74, 6) is -0.146. The minimum absolute atomic E-state index is 0.146. The van der Waals surface area contributed by atoms with E-state index in [2.05, 4.69) is 17.4 Å². The molecule has 0 bridgehead atoms. The number of amides is 1. The number of nitrogens with zero attached hydrogens (tertiary/aromatic N) is 1. The lowest BCUT2D eigenvalue weighted by atomic mass is 10.4. The summed E-state index contributed by atoms with van der Waals surface area (Å²) in [5.41, 5.74) is 0. The lowest BCUT2D eigenvalue weighted by Gasteiger charge is -1.85. The maximum absolute atomic E-state index is 10.7. The molecule has 9 heavy (non-hydrogen) atoms. The van der Waals surface area contributed by atoms with Gasteiger partial charge in [0.05, 0.1) is 6.08 Å². The second-order valence-electron chi connectivity index (χ2n) is 1.50. The fourth-order valence-corrected chi connectivity index (χ4v) is 0.654. The van der Waals surface area contributed by atoms with E-state index in [1.54, 1.807) is 18.4 Å². The fraction of sp³-hybridized carbons (Fsp3) is 0. The Bertz CT molecular complexity index is 246. The van der Waals surface area contributed by atoms with E-state index < -0.39 is 0 Å². The average molecular weight is 138 g/mol. The predicted octanol–water partition coefficient (Wildman–Crippen LogP) is 0.712. The Morgan fingerprint density at radius 1 is 1.56 bits per heavy atom. The quantitative estimate of drug-likeness (QED) is 0.363. The average Bonchev–Trinajstić information content (AvgIpc) is 1.89. The zero-order valence-corrected chi connectivity index (χ0v) is 5.39. The van der Waals surface area contributed by atoms with E-state index in [0.717, 1.165) is 0 Å². The van der Waals surface area contributed by atoms with Gasteiger partial charge in [-0.3, -0.25) is 0 Å². The maximum atomic E-state index is 10.7. The van der Waals surface area contributed by atoms with Crippen LogP contribution in [0.5, 0.6) is 0 Å². The standard InChI is InChI=1S/C6H4NOS/c8-6-3-1-2-4-7(6)5-9/h1-4H/q+1. The molecule has 2 nitrogen and oxygen atoms in total. The first-order chi connectivity index (χ1) is 4.34. The molecule has 0 aromatic carbocycles. The van der Waals surface area contributed by atoms with Gasteiger partial charge in [0.2, 0.25) is 0 Å². The molecule has 0 aromatic rings. The van der Waals surface area contributed by atoms with E-state index >= 15 is 0 Å². The van der Waals surface area contributed by atoms with Crippen LogP contribution in [-0.2, 0) is 4.79 Å². The van der Waals surface area contributed by atoms with Gasteiger partial charge in [-0.1, -0.05) is 4.58 Å². The van der Waals surface area contributed by atoms with Crippen LogP contribution < -0.4 is 0 Å². The third kappa shape index (κ3) is 1.19. The molecule has 1 amide bonds. The molecule has 1 aliphatic heterocycles. The second kappa shape index (κ2) is 2.49. The Balaban J connectivity index is 3.04. The van der Waals surface area contributed by atoms with E-state index in [1.807, 2.05) is 0 Å². The number of thiocarbonyl (C=S) groups is 1. The zero-order chi connectivity index (χ0) is 6.69. The van der Waals surface area contributed by atoms with Crippen LogP contribution in [0.3, 0.4) is 0 Å². The lowest BCUT2D eigenvalue weighted by molar-refractivity contribution is -0.368. The highest BCUT2D eigenvalue weighted by molar-refractivity contribution is 7.78. The van der Waals surface area contributed by atoms with Crippen molar-refractivity contribution >= 4 is 23.3 Å². The highest BCUT2D eigenvalue weighted by Crippen LogP contribution is 1.90. The van der Waals surface area contributed by atoms with Crippen LogP contribution in [0.25, 0.3) is 0 Å². The normalized spacial score (nSPS) is 16.0. The summed E-state index contributed by atoms with van der Waals surface area (Å²) in [6.07, 6.45) is 6.38. The van der Waals surface area contributed by atoms with E-state index in [4.69, 9.17) is 0 Å². The monoisotopic (exact) mass is 138 g/mol. The van der Waals surface area contributed by atoms with Crippen LogP contribution in [0.2, 0.25) is 0 Å². The molecular formula is C6H4NOS+. The molecule has 1 rings (SSSR count). The number of hydrogen-bond acceptors (Lipinski definition) is 2. The van der Waals surface area contributed by atoms with Gasteiger partial charge in [0.1, 0.15) is 0 Å². The molecule has 1 aliphatic rings. The number of carbonyl (C=O) groups is 1. The SMILES string of the molecule is O=C1C=CC=C[N+]1=C=S. The summed E-state index contributed by atoms with van der Waals surface area (Å²) in [6.45, 7) is 0. The smallest absolute Gasteiger partial charge is 0.213 e. The molecule has 0 radical (unpaired) electrons. The largest absolute Gasteiger partial charge is 0.427 e. The summed E-state index contributed by atoms with van der Waals surface area (Å²) in [7, 11) is 0. The molecule has 0 unspecified atom stereocenters. The van der Waals surface area contributed by atoms with Crippen molar-refractivity contribution in [1.29, 1.82) is 0 Å². The molecule has 44 valence electrons. The van der Waals surface area contributed by atoms with Crippen molar-refractivity contribution in [2.45, 2.75) is 0 Å². The lowest BCUT2D eigenvalue weighted by Crippen LogP contribution is -2.12. The molecule has 0 aliphatic carbocycles. The first-order valence-electron chi connectivity index (χ1n) is 2.40. The molecule has 0 saturated carbocycles. The van der Waals surface area contributed by atoms with Crippen molar-refractivity contribution in [2.75, 3.05) is 0 Å². The van der Waals surface area contributed by atoms with E-state index in [-0.39, 0.29) is 5.91 Å². The molecule has 0 fully saturated rings. The minimum atomic E-state index is -0.146. The summed E-state index contributed by atoms with van der Waals surface area (Å²) in [6, 6.07) is 0. The van der Waals surface area contributed by atoms with Gasteiger partial charge < -0.3 is 0 Å². The van der Waals surface area contributed by atoms with Gasteiger partial charge in [-0.15, -0.1) is 0 Å². The first kappa shape index (κ1) is 6.08. The summed E-state index contributed by atoms with van der Waals surface area (Å²) in [5, 5.41) is 2.28. The molecule has 0 saturated heterocycles. The van der Waals surface area contributed by atoms with Gasteiger partial charge in [0.15, 0.2) is 6.20 Å². The summed E-state index contributed by atoms with van der Waals surface area (Å²) < 4.78 is 1.22. The third-order valence-electron chi connectivity index (χ3n) is 0.921. The van der Waals surface area contributed by atoms with Crippen LogP contribution in [0.15, 0.2) is 24.4 Å². The summed E-state index contributed by atoms with van der Waals surface area (Å²) in [4.78, 5) is 10.7. The van der Waals surface area contributed by atoms with Crippen molar-refractivity contribution in [3.8, 4) is 0 Å². The Kier molecular flexibility index (Phi) is 1.68. The van der Waals surface area contributed by atoms with E-state index in [0.29, 0.717) is 0 Å². The Morgan fingerprint density at radius 3 is 2.78 bits per heavy atom. The number of hydrogen-bond donors (Lipinski definition) is 0. The van der Waals surface area contributed by atoms with Crippen molar-refractivity contribution < 1.29 is 9.37 Å². The van der Waals surface area contributed by atoms with Gasteiger partial charge >= 0.3 is 5.91 Å². The van der Waals surface area contributed by atoms with Crippen LogP contribution in [0.1, 0.15) is 0 Å². The Labute approximate surface area is 57.8 Å². The van der Waals surface area contributed by atoms with Crippen LogP contribution in [0.4, 0.5) is 0 Å². The van der Waals surface area contributed by atoms with E-state index in [1.165, 1.54) is 10.7 Å². The maximum Gasteiger partial charge on any atom is 0.427 e. The van der Waals surface area contributed by atoms with Crippen LogP contribution in [-0.4, -0.2) is 15.6 Å². The van der Waals surface area contributed by atoms with Crippen molar-refractivity contribution in [1.82, 2.24) is 0 Å². The van der Waals surface area contributed by atoms with Gasteiger partial charge in [-0.25, -0.2) is 4.79 Å². The molecule has 0 N–H and O–H groups in total. The zero-order valence-electron chi connectivity index (χ0n) is 4.57. The molecule has 1 heterocycles. The summed E-state index contributed by atoms with van der Waals surface area (Å²) >= 11 is 4.42. The Hall–Kier alpha value is -1.05. The van der Waals surface area contributed by atoms with Gasteiger partial charge in [-0.05, 0) is 6.08 Å². The van der Waals surface area contributed by atoms with Crippen molar-refractivity contribution in [3.63, 3.8) is 0 Å². The van der Waals surface area contributed by atoms with E-state index in [9.17, 15) is 4.79 Å². The fourth-order valence-electron chi connectivity index (χ4n) is 0.503. The topological polar surface area (TPSA) is 20.1 Å². The second-order valence-corrected chi connectivity index (χ2v) is 1.68. The van der Waals surface area contributed by atoms with Crippen LogP contribution in [0, 0.1) is 0 Å². The Morgan fingerprint density at radius 2 is 2.33 bits per heavy atom. The molecule has 0 aromatic heterocycles. The van der Waals surface area contributed by atoms with Gasteiger partial charge in [0, 0.05) is 18.3 Å². The third-order valence-corrected chi connectivity index (χ3v) is 1.12. The number of carbonyl (C=O) groups excluding carboxylic acids is 1. The highest BCUT2D eigenvalue weighted by atomic mass is 32.1. The molecule has 0 atom stereocenters. The number of rotatable bonds is 0. The molecule has 3 heteroatoms. The highest BCUT2D eigenvalue weighted by Gasteiger charge is 2.11. The first-order valence-corrected chi connectivity index (χ1v) is 2.81. The molecule has 0 spiro atoms.